The van der Waals surface area contributed by atoms with Gasteiger partial charge in [-0.1, -0.05) is 67.6 Å². The molecule has 0 aliphatic carbocycles. The van der Waals surface area contributed by atoms with Crippen molar-refractivity contribution in [2.45, 2.75) is 45.1 Å². The first-order valence-electron chi connectivity index (χ1n) is 19.9. The number of anilines is 2. The number of nitrogens with zero attached hydrogens (tertiary/aromatic N) is 8. The Balaban J connectivity index is 0.000000181. The highest BCUT2D eigenvalue weighted by Gasteiger charge is 2.17. The summed E-state index contributed by atoms with van der Waals surface area (Å²) in [6.45, 7) is 3.30. The minimum absolute atomic E-state index is 0.0244. The number of carbonyl (C=O) groups is 1. The molecule has 0 aliphatic rings. The molecule has 0 saturated heterocycles. The number of rotatable bonds is 16. The number of aromatic nitrogens is 8. The summed E-state index contributed by atoms with van der Waals surface area (Å²) in [5.41, 5.74) is 12.1. The second kappa shape index (κ2) is 20.4. The first kappa shape index (κ1) is 40.2. The lowest BCUT2D eigenvalue weighted by Gasteiger charge is -2.19. The molecule has 8 rings (SSSR count). The van der Waals surface area contributed by atoms with Crippen molar-refractivity contribution in [3.63, 3.8) is 0 Å². The van der Waals surface area contributed by atoms with Gasteiger partial charge in [0, 0.05) is 91.1 Å². The van der Waals surface area contributed by atoms with Gasteiger partial charge in [0.05, 0.1) is 23.4 Å². The van der Waals surface area contributed by atoms with E-state index in [0.717, 1.165) is 63.8 Å². The molecule has 296 valence electrons. The zero-order chi connectivity index (χ0) is 40.7. The normalized spacial score (nSPS) is 12.0. The van der Waals surface area contributed by atoms with E-state index in [1.54, 1.807) is 49.6 Å². The van der Waals surface area contributed by atoms with Gasteiger partial charge < -0.3 is 16.4 Å². The van der Waals surface area contributed by atoms with E-state index in [4.69, 9.17) is 15.7 Å². The fourth-order valence-corrected chi connectivity index (χ4v) is 6.82. The Hall–Kier alpha value is -7.05. The summed E-state index contributed by atoms with van der Waals surface area (Å²) in [6, 6.07) is 32.0. The first-order chi connectivity index (χ1) is 29.0. The summed E-state index contributed by atoms with van der Waals surface area (Å²) < 4.78 is 0. The Kier molecular flexibility index (Phi) is 13.9. The highest BCUT2D eigenvalue weighted by atomic mass is 16.1. The van der Waals surface area contributed by atoms with Crippen LogP contribution in [0.1, 0.15) is 37.3 Å². The van der Waals surface area contributed by atoms with Crippen LogP contribution in [0.15, 0.2) is 147 Å². The van der Waals surface area contributed by atoms with Crippen LogP contribution in [0.4, 0.5) is 11.6 Å². The van der Waals surface area contributed by atoms with E-state index in [0.29, 0.717) is 43.4 Å². The molecule has 2 atom stereocenters. The van der Waals surface area contributed by atoms with Crippen LogP contribution >= 0.6 is 0 Å². The van der Waals surface area contributed by atoms with Crippen molar-refractivity contribution in [1.82, 2.24) is 39.9 Å². The van der Waals surface area contributed by atoms with Crippen molar-refractivity contribution in [1.29, 1.82) is 0 Å². The van der Waals surface area contributed by atoms with Gasteiger partial charge >= 0.3 is 0 Å². The van der Waals surface area contributed by atoms with Crippen LogP contribution in [0.5, 0.6) is 0 Å². The lowest BCUT2D eigenvalue weighted by molar-refractivity contribution is -0.119. The molecule has 12 nitrogen and oxygen atoms in total. The van der Waals surface area contributed by atoms with Crippen LogP contribution < -0.4 is 16.4 Å². The van der Waals surface area contributed by atoms with E-state index < -0.39 is 0 Å². The zero-order valence-electron chi connectivity index (χ0n) is 33.0. The van der Waals surface area contributed by atoms with Gasteiger partial charge in [0.1, 0.15) is 17.4 Å². The van der Waals surface area contributed by atoms with Crippen LogP contribution in [-0.4, -0.2) is 64.8 Å². The SMILES string of the molecule is CCCC(=O)C[C@H](CNc1nc(-c2ccncc2)nc2cnccc12)Cc1ccccc1.N[C@H](CNc1nc(-c2ccncc2)nc2cnccc12)Cc1ccccc1. The van der Waals surface area contributed by atoms with Crippen LogP contribution in [-0.2, 0) is 17.6 Å². The van der Waals surface area contributed by atoms with Gasteiger partial charge in [-0.3, -0.25) is 24.7 Å². The van der Waals surface area contributed by atoms with Crippen molar-refractivity contribution in [3.05, 3.63) is 158 Å². The summed E-state index contributed by atoms with van der Waals surface area (Å²) in [5, 5.41) is 8.76. The Morgan fingerprint density at radius 1 is 0.576 bits per heavy atom. The van der Waals surface area contributed by atoms with Gasteiger partial charge in [-0.2, -0.15) is 0 Å². The molecule has 59 heavy (non-hydrogen) atoms. The van der Waals surface area contributed by atoms with E-state index in [-0.39, 0.29) is 12.0 Å². The fraction of sp³-hybridized carbons (Fsp3) is 0.213. The number of benzene rings is 2. The van der Waals surface area contributed by atoms with Gasteiger partial charge in [-0.15, -0.1) is 0 Å². The van der Waals surface area contributed by atoms with Crippen LogP contribution in [0, 0.1) is 5.92 Å². The fourth-order valence-electron chi connectivity index (χ4n) is 6.82. The highest BCUT2D eigenvalue weighted by molar-refractivity contribution is 5.91. The van der Waals surface area contributed by atoms with Gasteiger partial charge in [0.2, 0.25) is 0 Å². The quantitative estimate of drug-likeness (QED) is 0.0860. The number of pyridine rings is 4. The summed E-state index contributed by atoms with van der Waals surface area (Å²) in [5.74, 6) is 3.26. The van der Waals surface area contributed by atoms with E-state index in [1.807, 2.05) is 79.7 Å². The lowest BCUT2D eigenvalue weighted by Crippen LogP contribution is -2.31. The third-order valence-electron chi connectivity index (χ3n) is 9.72. The summed E-state index contributed by atoms with van der Waals surface area (Å²) in [7, 11) is 0. The van der Waals surface area contributed by atoms with Crippen molar-refractivity contribution in [3.8, 4) is 22.8 Å². The molecule has 6 heterocycles. The number of fused-ring (bicyclic) bond motifs is 2. The van der Waals surface area contributed by atoms with Gasteiger partial charge in [0.15, 0.2) is 11.6 Å². The number of nitrogens with one attached hydrogen (secondary N) is 2. The molecule has 2 aromatic carbocycles. The molecule has 0 saturated carbocycles. The Morgan fingerprint density at radius 2 is 1.05 bits per heavy atom. The molecule has 8 aromatic rings. The van der Waals surface area contributed by atoms with E-state index in [9.17, 15) is 4.79 Å². The summed E-state index contributed by atoms with van der Waals surface area (Å²) >= 11 is 0. The molecule has 0 radical (unpaired) electrons. The molecule has 0 spiro atoms. The average Bonchev–Trinajstić information content (AvgIpc) is 3.28. The number of carbonyl (C=O) groups excluding carboxylic acids is 1. The maximum atomic E-state index is 12.4. The second-order valence-electron chi connectivity index (χ2n) is 14.3. The molecule has 0 bridgehead atoms. The summed E-state index contributed by atoms with van der Waals surface area (Å²) in [4.78, 5) is 47.8. The number of hydrogen-bond acceptors (Lipinski definition) is 12. The smallest absolute Gasteiger partial charge is 0.162 e. The van der Waals surface area contributed by atoms with Crippen molar-refractivity contribution >= 4 is 39.2 Å². The van der Waals surface area contributed by atoms with E-state index in [1.165, 1.54) is 11.1 Å². The number of nitrogens with two attached hydrogens (primary N) is 1. The molecular weight excluding hydrogens is 735 g/mol. The number of Topliss-reactive ketones (excluding diaryl/α,β-unsaturated/α-hetero) is 1. The average molecular weight is 782 g/mol. The van der Waals surface area contributed by atoms with Crippen LogP contribution in [0.3, 0.4) is 0 Å². The predicted molar refractivity (Wildman–Crippen MR) is 234 cm³/mol. The third-order valence-corrected chi connectivity index (χ3v) is 9.72. The first-order valence-corrected chi connectivity index (χ1v) is 19.9. The molecule has 6 aromatic heterocycles. The van der Waals surface area contributed by atoms with Crippen LogP contribution in [0.2, 0.25) is 0 Å². The highest BCUT2D eigenvalue weighted by Crippen LogP contribution is 2.26. The van der Waals surface area contributed by atoms with Crippen molar-refractivity contribution < 1.29 is 4.79 Å². The number of hydrogen-bond donors (Lipinski definition) is 3. The molecule has 12 heteroatoms. The minimum Gasteiger partial charge on any atom is -0.369 e. The molecule has 4 N–H and O–H groups in total. The maximum absolute atomic E-state index is 12.4. The van der Waals surface area contributed by atoms with E-state index in [2.05, 4.69) is 64.8 Å². The molecule has 0 fully saturated rings. The minimum atomic E-state index is -0.0244. The summed E-state index contributed by atoms with van der Waals surface area (Å²) in [6.07, 6.45) is 17.6. The molecule has 0 amide bonds. The third kappa shape index (κ3) is 11.3. The Bertz CT molecular complexity index is 2540. The molecular formula is C47H47N11O. The predicted octanol–water partition coefficient (Wildman–Crippen LogP) is 8.19. The van der Waals surface area contributed by atoms with Gasteiger partial charge in [0.25, 0.3) is 0 Å². The molecule has 0 unspecified atom stereocenters. The van der Waals surface area contributed by atoms with Gasteiger partial charge in [-0.05, 0) is 72.7 Å². The van der Waals surface area contributed by atoms with Gasteiger partial charge in [-0.25, -0.2) is 19.9 Å². The van der Waals surface area contributed by atoms with Crippen molar-refractivity contribution in [2.24, 2.45) is 11.7 Å². The monoisotopic (exact) mass is 781 g/mol. The van der Waals surface area contributed by atoms with Crippen molar-refractivity contribution in [2.75, 3.05) is 23.7 Å². The van der Waals surface area contributed by atoms with E-state index >= 15 is 0 Å². The standard InChI is InChI=1S/C26H27N5O.C21H20N6/c1-2-6-22(32)16-20(15-19-7-4-3-5-8-19)17-29-26-23-11-14-28-18-24(23)30-25(31-26)21-9-12-27-13-10-21;22-17(12-15-4-2-1-3-5-15)13-25-21-18-8-11-24-14-19(18)26-20(27-21)16-6-9-23-10-7-16/h3-5,7-14,18,20H,2,6,15-17H2,1H3,(H,29,30,31);1-11,14,17H,12-13,22H2,(H,25,26,27)/t20-;17-/m10/s1. The number of ketones is 1. The zero-order valence-corrected chi connectivity index (χ0v) is 33.0. The largest absolute Gasteiger partial charge is 0.369 e. The molecule has 0 aliphatic heterocycles. The lowest BCUT2D eigenvalue weighted by atomic mass is 9.93. The Morgan fingerprint density at radius 3 is 1.56 bits per heavy atom. The second-order valence-corrected chi connectivity index (χ2v) is 14.3. The topological polar surface area (TPSA) is 170 Å². The Labute approximate surface area is 343 Å². The maximum Gasteiger partial charge on any atom is 0.162 e. The van der Waals surface area contributed by atoms with Crippen LogP contribution in [0.25, 0.3) is 44.6 Å².